The lowest BCUT2D eigenvalue weighted by Gasteiger charge is -2.19. The van der Waals surface area contributed by atoms with E-state index in [9.17, 15) is 13.2 Å². The normalized spacial score (nSPS) is 12.5. The van der Waals surface area contributed by atoms with E-state index in [0.717, 1.165) is 0 Å². The topological polar surface area (TPSA) is 77.2 Å². The molecule has 94 valence electrons. The summed E-state index contributed by atoms with van der Waals surface area (Å²) < 4.78 is 22.8. The van der Waals surface area contributed by atoms with Crippen LogP contribution < -0.4 is 5.14 Å². The molecule has 4 nitrogen and oxygen atoms in total. The van der Waals surface area contributed by atoms with Gasteiger partial charge in [-0.15, -0.1) is 0 Å². The molecule has 0 saturated heterocycles. The van der Waals surface area contributed by atoms with Gasteiger partial charge >= 0.3 is 0 Å². The molecule has 0 aromatic heterocycles. The number of carbonyl (C=O) groups excluding carboxylic acids is 1. The summed E-state index contributed by atoms with van der Waals surface area (Å²) in [7, 11) is -3.97. The molecule has 6 heteroatoms. The average Bonchev–Trinajstić information content (AvgIpc) is 2.13. The van der Waals surface area contributed by atoms with E-state index in [2.05, 4.69) is 0 Å². The van der Waals surface area contributed by atoms with E-state index in [1.807, 2.05) is 0 Å². The predicted molar refractivity (Wildman–Crippen MR) is 66.6 cm³/mol. The van der Waals surface area contributed by atoms with Crippen molar-refractivity contribution in [3.8, 4) is 0 Å². The minimum Gasteiger partial charge on any atom is -0.293 e. The van der Waals surface area contributed by atoms with E-state index in [1.54, 1.807) is 20.8 Å². The first-order chi connectivity index (χ1) is 7.55. The molecule has 1 aromatic rings. The number of hydrogen-bond acceptors (Lipinski definition) is 3. The molecule has 0 saturated carbocycles. The number of sulfonamides is 1. The molecule has 0 radical (unpaired) electrons. The lowest BCUT2D eigenvalue weighted by molar-refractivity contribution is 0.0855. The Labute approximate surface area is 106 Å². The van der Waals surface area contributed by atoms with Crippen molar-refractivity contribution in [2.75, 3.05) is 0 Å². The quantitative estimate of drug-likeness (QED) is 0.841. The second-order valence-corrected chi connectivity index (χ2v) is 6.67. The summed E-state index contributed by atoms with van der Waals surface area (Å²) in [5.74, 6) is -0.355. The van der Waals surface area contributed by atoms with Gasteiger partial charge in [0.1, 0.15) is 0 Å². The van der Waals surface area contributed by atoms with Crippen molar-refractivity contribution in [2.45, 2.75) is 25.7 Å². The second kappa shape index (κ2) is 4.40. The minimum atomic E-state index is -3.97. The molecule has 0 unspecified atom stereocenters. The molecule has 1 aromatic carbocycles. The number of benzene rings is 1. The fraction of sp³-hybridized carbons (Fsp3) is 0.364. The summed E-state index contributed by atoms with van der Waals surface area (Å²) in [4.78, 5) is 11.9. The molecule has 0 fully saturated rings. The van der Waals surface area contributed by atoms with Crippen molar-refractivity contribution in [1.29, 1.82) is 0 Å². The minimum absolute atomic E-state index is 0.0378. The molecule has 0 amide bonds. The van der Waals surface area contributed by atoms with Crippen molar-refractivity contribution in [2.24, 2.45) is 10.6 Å². The number of rotatable bonds is 2. The maximum Gasteiger partial charge on any atom is 0.238 e. The lowest BCUT2D eigenvalue weighted by Crippen LogP contribution is -2.25. The number of primary sulfonamides is 1. The molecule has 17 heavy (non-hydrogen) atoms. The molecule has 0 aliphatic rings. The largest absolute Gasteiger partial charge is 0.293 e. The first-order valence-electron chi connectivity index (χ1n) is 4.91. The van der Waals surface area contributed by atoms with Crippen molar-refractivity contribution >= 4 is 27.4 Å². The van der Waals surface area contributed by atoms with Crippen molar-refractivity contribution in [3.63, 3.8) is 0 Å². The Kier molecular flexibility index (Phi) is 3.66. The first kappa shape index (κ1) is 14.2. The number of nitrogens with two attached hydrogens (primary N) is 1. The highest BCUT2D eigenvalue weighted by atomic mass is 35.5. The zero-order chi connectivity index (χ0) is 13.4. The van der Waals surface area contributed by atoms with Gasteiger partial charge in [0.25, 0.3) is 0 Å². The van der Waals surface area contributed by atoms with Crippen molar-refractivity contribution in [3.05, 3.63) is 28.8 Å². The van der Waals surface area contributed by atoms with Gasteiger partial charge in [0.15, 0.2) is 5.78 Å². The van der Waals surface area contributed by atoms with Crippen molar-refractivity contribution < 1.29 is 13.2 Å². The Morgan fingerprint density at radius 3 is 2.24 bits per heavy atom. The second-order valence-electron chi connectivity index (χ2n) is 4.74. The summed E-state index contributed by atoms with van der Waals surface area (Å²) in [5, 5.41) is 5.16. The molecular formula is C11H14ClNO3S. The zero-order valence-corrected chi connectivity index (χ0v) is 11.4. The molecule has 0 heterocycles. The molecule has 0 aliphatic carbocycles. The number of hydrogen-bond donors (Lipinski definition) is 1. The van der Waals surface area contributed by atoms with Gasteiger partial charge in [-0.2, -0.15) is 0 Å². The van der Waals surface area contributed by atoms with Gasteiger partial charge in [-0.05, 0) is 12.1 Å². The van der Waals surface area contributed by atoms with Crippen LogP contribution in [-0.4, -0.2) is 14.2 Å². The summed E-state index contributed by atoms with van der Waals surface area (Å²) in [6, 6.07) is 4.19. The van der Waals surface area contributed by atoms with Crippen LogP contribution in [-0.2, 0) is 10.0 Å². The van der Waals surface area contributed by atoms with Gasteiger partial charge in [-0.25, -0.2) is 13.6 Å². The fourth-order valence-corrected chi connectivity index (χ4v) is 2.41. The highest BCUT2D eigenvalue weighted by Gasteiger charge is 2.30. The van der Waals surface area contributed by atoms with Crippen LogP contribution in [0.3, 0.4) is 0 Å². The molecule has 0 aliphatic heterocycles. The monoisotopic (exact) mass is 275 g/mol. The Morgan fingerprint density at radius 1 is 1.29 bits per heavy atom. The Hall–Kier alpha value is -0.910. The standard InChI is InChI=1S/C11H14ClNO3S/c1-11(2,3)10(14)9-7(12)5-4-6-8(9)17(13,15)16/h4-6H,1-3H3,(H2,13,15,16). The lowest BCUT2D eigenvalue weighted by atomic mass is 9.86. The molecule has 2 N–H and O–H groups in total. The third kappa shape index (κ3) is 3.06. The van der Waals surface area contributed by atoms with Crippen LogP contribution in [0.25, 0.3) is 0 Å². The molecular weight excluding hydrogens is 262 g/mol. The van der Waals surface area contributed by atoms with Gasteiger partial charge in [0, 0.05) is 5.41 Å². The van der Waals surface area contributed by atoms with Crippen LogP contribution >= 0.6 is 11.6 Å². The highest BCUT2D eigenvalue weighted by Crippen LogP contribution is 2.30. The number of ketones is 1. The summed E-state index contributed by atoms with van der Waals surface area (Å²) in [6.07, 6.45) is 0. The zero-order valence-electron chi connectivity index (χ0n) is 9.82. The van der Waals surface area contributed by atoms with Crippen LogP contribution in [0.1, 0.15) is 31.1 Å². The number of Topliss-reactive ketones (excluding diaryl/α,β-unsaturated/α-hetero) is 1. The van der Waals surface area contributed by atoms with E-state index >= 15 is 0 Å². The van der Waals surface area contributed by atoms with Gasteiger partial charge in [-0.3, -0.25) is 4.79 Å². The van der Waals surface area contributed by atoms with Crippen molar-refractivity contribution in [1.82, 2.24) is 0 Å². The number of carbonyl (C=O) groups is 1. The van der Waals surface area contributed by atoms with Gasteiger partial charge in [0.2, 0.25) is 10.0 Å². The van der Waals surface area contributed by atoms with Crippen LogP contribution in [0, 0.1) is 5.41 Å². The summed E-state index contributed by atoms with van der Waals surface area (Å²) >= 11 is 5.90. The first-order valence-corrected chi connectivity index (χ1v) is 6.83. The smallest absolute Gasteiger partial charge is 0.238 e. The highest BCUT2D eigenvalue weighted by molar-refractivity contribution is 7.89. The fourth-order valence-electron chi connectivity index (χ4n) is 1.34. The Bertz CT molecular complexity index is 559. The van der Waals surface area contributed by atoms with E-state index in [0.29, 0.717) is 0 Å². The molecule has 1 rings (SSSR count). The predicted octanol–water partition coefficient (Wildman–Crippen LogP) is 2.22. The molecule has 0 spiro atoms. The van der Waals surface area contributed by atoms with E-state index < -0.39 is 15.4 Å². The maximum atomic E-state index is 12.2. The van der Waals surface area contributed by atoms with E-state index in [-0.39, 0.29) is 21.3 Å². The average molecular weight is 276 g/mol. The Balaban J connectivity index is 3.59. The molecule has 0 bridgehead atoms. The van der Waals surface area contributed by atoms with Crippen LogP contribution in [0.4, 0.5) is 0 Å². The van der Waals surface area contributed by atoms with Crippen LogP contribution in [0.2, 0.25) is 5.02 Å². The van der Waals surface area contributed by atoms with E-state index in [4.69, 9.17) is 16.7 Å². The number of halogens is 1. The van der Waals surface area contributed by atoms with E-state index in [1.165, 1.54) is 18.2 Å². The Morgan fingerprint density at radius 2 is 1.82 bits per heavy atom. The molecule has 0 atom stereocenters. The van der Waals surface area contributed by atoms with Gasteiger partial charge in [-0.1, -0.05) is 38.4 Å². The van der Waals surface area contributed by atoms with Gasteiger partial charge in [0.05, 0.1) is 15.5 Å². The maximum absolute atomic E-state index is 12.2. The van der Waals surface area contributed by atoms with Gasteiger partial charge < -0.3 is 0 Å². The third-order valence-electron chi connectivity index (χ3n) is 2.19. The van der Waals surface area contributed by atoms with Crippen LogP contribution in [0.5, 0.6) is 0 Å². The third-order valence-corrected chi connectivity index (χ3v) is 3.46. The summed E-state index contributed by atoms with van der Waals surface area (Å²) in [6.45, 7) is 5.06. The SMILES string of the molecule is CC(C)(C)C(=O)c1c(Cl)cccc1S(N)(=O)=O. The summed E-state index contributed by atoms with van der Waals surface area (Å²) in [5.41, 5.74) is -0.770. The van der Waals surface area contributed by atoms with Crippen LogP contribution in [0.15, 0.2) is 23.1 Å².